The third-order valence-electron chi connectivity index (χ3n) is 3.64. The number of carbonyl (C=O) groups is 1. The molecule has 144 valence electrons. The van der Waals surface area contributed by atoms with E-state index < -0.39 is 0 Å². The first-order chi connectivity index (χ1) is 13.5. The first-order valence-corrected chi connectivity index (χ1v) is 10.3. The number of nitrogens with zero attached hydrogens (tertiary/aromatic N) is 4. The molecule has 1 amide bonds. The van der Waals surface area contributed by atoms with Crippen LogP contribution in [0.5, 0.6) is 0 Å². The molecule has 8 nitrogen and oxygen atoms in total. The first kappa shape index (κ1) is 20.1. The maximum absolute atomic E-state index is 12.1. The number of nitrogens with two attached hydrogens (primary N) is 1. The Balaban J connectivity index is 1.55. The summed E-state index contributed by atoms with van der Waals surface area (Å²) in [6.45, 7) is 1.88. The van der Waals surface area contributed by atoms with Crippen LogP contribution >= 0.6 is 34.4 Å². The highest BCUT2D eigenvalue weighted by molar-refractivity contribution is 14.1. The summed E-state index contributed by atoms with van der Waals surface area (Å²) >= 11 is 3.40. The highest BCUT2D eigenvalue weighted by Crippen LogP contribution is 2.18. The van der Waals surface area contributed by atoms with E-state index in [1.165, 1.54) is 16.4 Å². The summed E-state index contributed by atoms with van der Waals surface area (Å²) in [6, 6.07) is 17.3. The second-order valence-corrected chi connectivity index (χ2v) is 7.88. The number of hydrogen-bond acceptors (Lipinski definition) is 7. The van der Waals surface area contributed by atoms with Crippen molar-refractivity contribution in [3.8, 4) is 0 Å². The minimum Gasteiger partial charge on any atom is -0.334 e. The van der Waals surface area contributed by atoms with Gasteiger partial charge < -0.3 is 11.2 Å². The lowest BCUT2D eigenvalue weighted by Gasteiger charge is -2.06. The van der Waals surface area contributed by atoms with Gasteiger partial charge in [0.05, 0.1) is 11.5 Å². The molecule has 0 aliphatic heterocycles. The Kier molecular flexibility index (Phi) is 6.87. The largest absolute Gasteiger partial charge is 0.334 e. The summed E-state index contributed by atoms with van der Waals surface area (Å²) in [5, 5.41) is 15.5. The molecule has 3 aromatic rings. The van der Waals surface area contributed by atoms with Crippen molar-refractivity contribution in [3.63, 3.8) is 0 Å². The summed E-state index contributed by atoms with van der Waals surface area (Å²) in [5.41, 5.74) is 5.32. The van der Waals surface area contributed by atoms with E-state index in [0.717, 1.165) is 20.5 Å². The zero-order valence-electron chi connectivity index (χ0n) is 15.0. The van der Waals surface area contributed by atoms with Gasteiger partial charge in [-0.1, -0.05) is 42.1 Å². The van der Waals surface area contributed by atoms with Gasteiger partial charge in [-0.25, -0.2) is 10.1 Å². The van der Waals surface area contributed by atoms with E-state index in [1.807, 2.05) is 61.5 Å². The fraction of sp³-hybridized carbons (Fsp3) is 0.111. The lowest BCUT2D eigenvalue weighted by molar-refractivity contribution is -0.113. The molecule has 0 saturated heterocycles. The number of aromatic nitrogens is 3. The zero-order chi connectivity index (χ0) is 19.9. The molecule has 0 aliphatic carbocycles. The smallest absolute Gasteiger partial charge is 0.264 e. The van der Waals surface area contributed by atoms with Crippen LogP contribution < -0.4 is 16.6 Å². The Bertz CT molecular complexity index is 973. The molecule has 0 atom stereocenters. The van der Waals surface area contributed by atoms with E-state index in [9.17, 15) is 4.79 Å². The van der Waals surface area contributed by atoms with Crippen LogP contribution in [0.2, 0.25) is 0 Å². The molecule has 4 N–H and O–H groups in total. The molecule has 1 heterocycles. The van der Waals surface area contributed by atoms with Gasteiger partial charge in [0.1, 0.15) is 0 Å². The summed E-state index contributed by atoms with van der Waals surface area (Å²) in [7, 11) is 0. The maximum Gasteiger partial charge on any atom is 0.264 e. The third kappa shape index (κ3) is 5.45. The quantitative estimate of drug-likeness (QED) is 0.149. The van der Waals surface area contributed by atoms with Gasteiger partial charge >= 0.3 is 0 Å². The van der Waals surface area contributed by atoms with Crippen molar-refractivity contribution in [2.24, 2.45) is 5.10 Å². The number of nitrogens with one attached hydrogen (secondary N) is 2. The minimum atomic E-state index is -0.151. The highest BCUT2D eigenvalue weighted by atomic mass is 127. The van der Waals surface area contributed by atoms with Crippen LogP contribution in [-0.4, -0.2) is 32.2 Å². The second-order valence-electron chi connectivity index (χ2n) is 5.69. The van der Waals surface area contributed by atoms with Crippen LogP contribution in [0.15, 0.2) is 64.9 Å². The highest BCUT2D eigenvalue weighted by Gasteiger charge is 2.12. The number of anilines is 2. The maximum atomic E-state index is 12.1. The van der Waals surface area contributed by atoms with Crippen molar-refractivity contribution in [3.05, 3.63) is 63.7 Å². The summed E-state index contributed by atoms with van der Waals surface area (Å²) in [5.74, 6) is 6.29. The molecule has 10 heteroatoms. The molecule has 0 spiro atoms. The first-order valence-electron chi connectivity index (χ1n) is 8.27. The van der Waals surface area contributed by atoms with Crippen LogP contribution in [0.3, 0.4) is 0 Å². The van der Waals surface area contributed by atoms with Crippen molar-refractivity contribution in [2.75, 3.05) is 22.3 Å². The molecule has 28 heavy (non-hydrogen) atoms. The molecule has 0 bridgehead atoms. The van der Waals surface area contributed by atoms with Crippen molar-refractivity contribution in [1.82, 2.24) is 14.9 Å². The number of benzene rings is 2. The fourth-order valence-electron chi connectivity index (χ4n) is 2.19. The molecule has 0 saturated carbocycles. The summed E-state index contributed by atoms with van der Waals surface area (Å²) < 4.78 is 2.37. The Morgan fingerprint density at radius 2 is 1.89 bits per heavy atom. The van der Waals surface area contributed by atoms with Crippen molar-refractivity contribution < 1.29 is 4.79 Å². The number of carbonyl (C=O) groups excluding carboxylic acids is 1. The van der Waals surface area contributed by atoms with Crippen LogP contribution in [0.1, 0.15) is 12.5 Å². The number of amides is 1. The Morgan fingerprint density at radius 1 is 1.18 bits per heavy atom. The van der Waals surface area contributed by atoms with Crippen LogP contribution in [0, 0.1) is 3.57 Å². The topological polar surface area (TPSA) is 110 Å². The average molecular weight is 507 g/mol. The van der Waals surface area contributed by atoms with Crippen LogP contribution in [-0.2, 0) is 4.79 Å². The molecule has 1 aromatic heterocycles. The Labute approximate surface area is 180 Å². The molecule has 2 aromatic carbocycles. The van der Waals surface area contributed by atoms with E-state index >= 15 is 0 Å². The monoisotopic (exact) mass is 507 g/mol. The van der Waals surface area contributed by atoms with Gasteiger partial charge in [0.2, 0.25) is 11.1 Å². The van der Waals surface area contributed by atoms with Gasteiger partial charge in [0, 0.05) is 9.26 Å². The van der Waals surface area contributed by atoms with Gasteiger partial charge in [-0.05, 0) is 59.3 Å². The van der Waals surface area contributed by atoms with Gasteiger partial charge in [-0.15, -0.1) is 10.2 Å². The SMILES string of the molecule is C/C(=N\Nc1nnc(SCC(=O)Nc2ccc(I)cc2)n1N)c1ccccc1. The molecule has 3 rings (SSSR count). The predicted molar refractivity (Wildman–Crippen MR) is 121 cm³/mol. The molecular formula is C18H18IN7OS. The molecular weight excluding hydrogens is 489 g/mol. The lowest BCUT2D eigenvalue weighted by atomic mass is 10.1. The number of thioether (sulfide) groups is 1. The van der Waals surface area contributed by atoms with E-state index in [4.69, 9.17) is 5.84 Å². The third-order valence-corrected chi connectivity index (χ3v) is 5.30. The van der Waals surface area contributed by atoms with Gasteiger partial charge in [-0.2, -0.15) is 5.10 Å². The predicted octanol–water partition coefficient (Wildman–Crippen LogP) is 3.16. The zero-order valence-corrected chi connectivity index (χ0v) is 17.9. The summed E-state index contributed by atoms with van der Waals surface area (Å²) in [4.78, 5) is 12.1. The van der Waals surface area contributed by atoms with E-state index in [0.29, 0.717) is 5.16 Å². The van der Waals surface area contributed by atoms with Gasteiger partial charge in [0.25, 0.3) is 5.95 Å². The molecule has 0 aliphatic rings. The lowest BCUT2D eigenvalue weighted by Crippen LogP contribution is -2.17. The summed E-state index contributed by atoms with van der Waals surface area (Å²) in [6.07, 6.45) is 0. The Hall–Kier alpha value is -2.60. The van der Waals surface area contributed by atoms with E-state index in [-0.39, 0.29) is 17.6 Å². The minimum absolute atomic E-state index is 0.151. The van der Waals surface area contributed by atoms with Gasteiger partial charge in [-0.3, -0.25) is 4.79 Å². The van der Waals surface area contributed by atoms with Crippen LogP contribution in [0.25, 0.3) is 0 Å². The number of hydrazone groups is 1. The number of hydrogen-bond donors (Lipinski definition) is 3. The van der Waals surface area contributed by atoms with Crippen LogP contribution in [0.4, 0.5) is 11.6 Å². The number of rotatable bonds is 7. The van der Waals surface area contributed by atoms with Crippen molar-refractivity contribution in [1.29, 1.82) is 0 Å². The fourth-order valence-corrected chi connectivity index (χ4v) is 3.21. The standard InChI is InChI=1S/C18H18IN7OS/c1-12(13-5-3-2-4-6-13)22-23-17-24-25-18(26(17)20)28-11-16(27)21-15-9-7-14(19)8-10-15/h2-10H,11,20H2,1H3,(H,21,27)(H,23,24)/b22-12+. The normalized spacial score (nSPS) is 11.3. The number of halogens is 1. The van der Waals surface area contributed by atoms with Gasteiger partial charge in [0.15, 0.2) is 0 Å². The van der Waals surface area contributed by atoms with E-state index in [1.54, 1.807) is 0 Å². The number of nitrogen functional groups attached to an aromatic ring is 1. The second kappa shape index (κ2) is 9.55. The van der Waals surface area contributed by atoms with Crippen molar-refractivity contribution in [2.45, 2.75) is 12.1 Å². The van der Waals surface area contributed by atoms with Crippen molar-refractivity contribution >= 4 is 57.6 Å². The molecule has 0 radical (unpaired) electrons. The Morgan fingerprint density at radius 3 is 2.61 bits per heavy atom. The van der Waals surface area contributed by atoms with E-state index in [2.05, 4.69) is 48.6 Å². The molecule has 0 unspecified atom stereocenters. The molecule has 0 fully saturated rings. The average Bonchev–Trinajstić information content (AvgIpc) is 3.06.